The van der Waals surface area contributed by atoms with Gasteiger partial charge in [-0.3, -0.25) is 0 Å². The number of nitrogens with zero attached hydrogens (tertiary/aromatic N) is 2. The summed E-state index contributed by atoms with van der Waals surface area (Å²) in [6, 6.07) is 16.5. The van der Waals surface area contributed by atoms with Crippen molar-refractivity contribution in [2.45, 2.75) is 30.7 Å². The molecule has 0 aliphatic heterocycles. The fraction of sp³-hybridized carbons (Fsp3) is 0.231. The first-order valence-corrected chi connectivity index (χ1v) is 11.9. The number of aryl methyl sites for hydroxylation is 1. The van der Waals surface area contributed by atoms with E-state index >= 15 is 0 Å². The zero-order chi connectivity index (χ0) is 25.0. The van der Waals surface area contributed by atoms with Crippen LogP contribution in [0.2, 0.25) is 0 Å². The lowest BCUT2D eigenvalue weighted by molar-refractivity contribution is -0.145. The standard InChI is InChI=1S/C26H23F3N2O3S/c1-3-33-24(32)15-34-23-12-11-22(13-17(23)2)35-16-19-6-4-5-18-14-31(30-25(18)19)21-9-7-20(8-10-21)26(27,28)29/h4-14H,3,15-16H2,1-2H3. The van der Waals surface area contributed by atoms with Crippen LogP contribution in [0.15, 0.2) is 71.8 Å². The molecule has 1 aromatic heterocycles. The predicted molar refractivity (Wildman–Crippen MR) is 129 cm³/mol. The van der Waals surface area contributed by atoms with Crippen LogP contribution in [-0.4, -0.2) is 29.0 Å². The number of thioether (sulfide) groups is 1. The monoisotopic (exact) mass is 500 g/mol. The molecule has 35 heavy (non-hydrogen) atoms. The molecule has 0 bridgehead atoms. The Balaban J connectivity index is 1.47. The van der Waals surface area contributed by atoms with E-state index in [9.17, 15) is 18.0 Å². The Kier molecular flexibility index (Phi) is 7.35. The number of hydrogen-bond acceptors (Lipinski definition) is 5. The number of carbonyl (C=O) groups excluding carboxylic acids is 1. The summed E-state index contributed by atoms with van der Waals surface area (Å²) in [5.74, 6) is 0.873. The molecular formula is C26H23F3N2O3S. The molecule has 0 saturated carbocycles. The Morgan fingerprint density at radius 1 is 1.09 bits per heavy atom. The van der Waals surface area contributed by atoms with Gasteiger partial charge in [0.2, 0.25) is 0 Å². The third kappa shape index (κ3) is 5.97. The highest BCUT2D eigenvalue weighted by Gasteiger charge is 2.30. The van der Waals surface area contributed by atoms with E-state index in [0.717, 1.165) is 39.1 Å². The van der Waals surface area contributed by atoms with Crippen LogP contribution in [0.3, 0.4) is 0 Å². The lowest BCUT2D eigenvalue weighted by Crippen LogP contribution is -2.14. The minimum atomic E-state index is -4.37. The lowest BCUT2D eigenvalue weighted by atomic mass is 10.2. The Morgan fingerprint density at radius 3 is 2.54 bits per heavy atom. The van der Waals surface area contributed by atoms with Crippen LogP contribution in [0.1, 0.15) is 23.6 Å². The average Bonchev–Trinajstić information content (AvgIpc) is 3.27. The molecule has 0 atom stereocenters. The molecule has 4 rings (SSSR count). The van der Waals surface area contributed by atoms with Crippen molar-refractivity contribution in [1.82, 2.24) is 9.78 Å². The molecule has 0 amide bonds. The van der Waals surface area contributed by atoms with E-state index in [4.69, 9.17) is 9.47 Å². The molecule has 0 aliphatic carbocycles. The number of hydrogen-bond donors (Lipinski definition) is 0. The van der Waals surface area contributed by atoms with E-state index in [0.29, 0.717) is 23.8 Å². The van der Waals surface area contributed by atoms with E-state index < -0.39 is 17.7 Å². The maximum atomic E-state index is 12.9. The summed E-state index contributed by atoms with van der Waals surface area (Å²) in [4.78, 5) is 12.5. The van der Waals surface area contributed by atoms with Crippen molar-refractivity contribution in [3.05, 3.63) is 83.6 Å². The summed E-state index contributed by atoms with van der Waals surface area (Å²) in [5, 5.41) is 5.54. The van der Waals surface area contributed by atoms with Gasteiger partial charge in [0.25, 0.3) is 0 Å². The van der Waals surface area contributed by atoms with Gasteiger partial charge >= 0.3 is 12.1 Å². The van der Waals surface area contributed by atoms with Crippen molar-refractivity contribution < 1.29 is 27.4 Å². The molecule has 0 unspecified atom stereocenters. The number of benzene rings is 3. The number of aromatic nitrogens is 2. The van der Waals surface area contributed by atoms with E-state index in [1.165, 1.54) is 12.1 Å². The largest absolute Gasteiger partial charge is 0.482 e. The van der Waals surface area contributed by atoms with Crippen molar-refractivity contribution >= 4 is 28.6 Å². The number of halogens is 3. The molecule has 3 aromatic carbocycles. The van der Waals surface area contributed by atoms with E-state index in [2.05, 4.69) is 5.10 Å². The molecule has 0 fully saturated rings. The van der Waals surface area contributed by atoms with Crippen LogP contribution in [-0.2, 0) is 21.5 Å². The van der Waals surface area contributed by atoms with Crippen molar-refractivity contribution in [3.63, 3.8) is 0 Å². The zero-order valence-corrected chi connectivity index (χ0v) is 19.9. The second-order valence-electron chi connectivity index (χ2n) is 7.78. The summed E-state index contributed by atoms with van der Waals surface area (Å²) in [7, 11) is 0. The predicted octanol–water partition coefficient (Wildman–Crippen LogP) is 6.59. The van der Waals surface area contributed by atoms with Crippen molar-refractivity contribution in [3.8, 4) is 11.4 Å². The number of fused-ring (bicyclic) bond motifs is 1. The average molecular weight is 501 g/mol. The molecular weight excluding hydrogens is 477 g/mol. The van der Waals surface area contributed by atoms with Gasteiger partial charge in [-0.25, -0.2) is 9.48 Å². The lowest BCUT2D eigenvalue weighted by Gasteiger charge is -2.10. The fourth-order valence-corrected chi connectivity index (χ4v) is 4.51. The van der Waals surface area contributed by atoms with Crippen molar-refractivity contribution in [1.29, 1.82) is 0 Å². The van der Waals surface area contributed by atoms with Crippen molar-refractivity contribution in [2.75, 3.05) is 13.2 Å². The first-order chi connectivity index (χ1) is 16.7. The van der Waals surface area contributed by atoms with E-state index in [-0.39, 0.29) is 6.61 Å². The second kappa shape index (κ2) is 10.4. The van der Waals surface area contributed by atoms with Gasteiger partial charge in [0.15, 0.2) is 6.61 Å². The van der Waals surface area contributed by atoms with Gasteiger partial charge in [-0.15, -0.1) is 11.8 Å². The summed E-state index contributed by atoms with van der Waals surface area (Å²) in [6.45, 7) is 3.84. The zero-order valence-electron chi connectivity index (χ0n) is 19.1. The van der Waals surface area contributed by atoms with Gasteiger partial charge in [0.05, 0.1) is 23.4 Å². The molecule has 5 nitrogen and oxygen atoms in total. The first-order valence-electron chi connectivity index (χ1n) is 10.9. The second-order valence-corrected chi connectivity index (χ2v) is 8.83. The van der Waals surface area contributed by atoms with Crippen LogP contribution in [0.25, 0.3) is 16.6 Å². The molecule has 0 spiro atoms. The number of carbonyl (C=O) groups is 1. The van der Waals surface area contributed by atoms with Crippen LogP contribution < -0.4 is 4.74 Å². The highest BCUT2D eigenvalue weighted by molar-refractivity contribution is 7.98. The number of alkyl halides is 3. The molecule has 0 radical (unpaired) electrons. The SMILES string of the molecule is CCOC(=O)COc1ccc(SCc2cccc3cn(-c4ccc(C(F)(F)F)cc4)nc23)cc1C. The smallest absolute Gasteiger partial charge is 0.416 e. The fourth-order valence-electron chi connectivity index (χ4n) is 3.53. The normalized spacial score (nSPS) is 11.6. The minimum absolute atomic E-state index is 0.134. The number of rotatable bonds is 8. The van der Waals surface area contributed by atoms with Gasteiger partial charge in [-0.1, -0.05) is 18.2 Å². The maximum Gasteiger partial charge on any atom is 0.416 e. The van der Waals surface area contributed by atoms with Crippen LogP contribution in [0, 0.1) is 6.92 Å². The summed E-state index contributed by atoms with van der Waals surface area (Å²) in [5.41, 5.74) is 2.58. The van der Waals surface area contributed by atoms with Crippen LogP contribution in [0.5, 0.6) is 5.75 Å². The third-order valence-electron chi connectivity index (χ3n) is 5.27. The van der Waals surface area contributed by atoms with Crippen LogP contribution in [0.4, 0.5) is 13.2 Å². The Bertz CT molecular complexity index is 1330. The van der Waals surface area contributed by atoms with Crippen molar-refractivity contribution in [2.24, 2.45) is 0 Å². The summed E-state index contributed by atoms with van der Waals surface area (Å²) in [6.07, 6.45) is -2.56. The summed E-state index contributed by atoms with van der Waals surface area (Å²) >= 11 is 1.63. The number of ether oxygens (including phenoxy) is 2. The molecule has 4 aromatic rings. The first kappa shape index (κ1) is 24.7. The highest BCUT2D eigenvalue weighted by Crippen LogP contribution is 2.32. The topological polar surface area (TPSA) is 53.4 Å². The molecule has 182 valence electrons. The third-order valence-corrected chi connectivity index (χ3v) is 6.31. The van der Waals surface area contributed by atoms with Gasteiger partial charge in [-0.2, -0.15) is 18.3 Å². The Labute approximate surface area is 204 Å². The van der Waals surface area contributed by atoms with Crippen LogP contribution >= 0.6 is 11.8 Å². The van der Waals surface area contributed by atoms with Gasteiger partial charge < -0.3 is 9.47 Å². The maximum absolute atomic E-state index is 12.9. The Hall–Kier alpha value is -3.46. The minimum Gasteiger partial charge on any atom is -0.482 e. The highest BCUT2D eigenvalue weighted by atomic mass is 32.2. The summed E-state index contributed by atoms with van der Waals surface area (Å²) < 4.78 is 50.6. The molecule has 1 heterocycles. The molecule has 9 heteroatoms. The Morgan fingerprint density at radius 2 is 1.86 bits per heavy atom. The van der Waals surface area contributed by atoms with Gasteiger partial charge in [0, 0.05) is 22.2 Å². The molecule has 0 aliphatic rings. The van der Waals surface area contributed by atoms with E-state index in [1.807, 2.05) is 49.5 Å². The molecule has 0 N–H and O–H groups in total. The number of esters is 1. The van der Waals surface area contributed by atoms with E-state index in [1.54, 1.807) is 23.4 Å². The quantitative estimate of drug-likeness (QED) is 0.202. The molecule has 0 saturated heterocycles. The van der Waals surface area contributed by atoms with Gasteiger partial charge in [0.1, 0.15) is 5.75 Å². The van der Waals surface area contributed by atoms with Gasteiger partial charge in [-0.05, 0) is 67.4 Å².